The van der Waals surface area contributed by atoms with E-state index in [1.54, 1.807) is 0 Å². The normalized spacial score (nSPS) is 16.7. The minimum absolute atomic E-state index is 0.0140. The monoisotopic (exact) mass is 314 g/mol. The van der Waals surface area contributed by atoms with Crippen molar-refractivity contribution in [1.82, 2.24) is 10.2 Å². The summed E-state index contributed by atoms with van der Waals surface area (Å²) in [6.07, 6.45) is 1.92. The fraction of sp³-hybridized carbons (Fsp3) is 0.533. The molecule has 0 radical (unpaired) electrons. The zero-order chi connectivity index (χ0) is 15.2. The lowest BCUT2D eigenvalue weighted by Crippen LogP contribution is -2.45. The first kappa shape index (κ1) is 16.0. The van der Waals surface area contributed by atoms with Crippen molar-refractivity contribution in [2.24, 2.45) is 0 Å². The second-order valence-electron chi connectivity index (χ2n) is 5.14. The van der Waals surface area contributed by atoms with Crippen molar-refractivity contribution in [2.45, 2.75) is 25.8 Å². The molecule has 116 valence electrons. The minimum atomic E-state index is -0.504. The maximum atomic E-state index is 13.0. The zero-order valence-electron chi connectivity index (χ0n) is 12.1. The second kappa shape index (κ2) is 7.61. The number of hydrogen-bond donors (Lipinski definition) is 1. The first-order chi connectivity index (χ1) is 10.1. The molecule has 0 unspecified atom stereocenters. The molecule has 1 fully saturated rings. The van der Waals surface area contributed by atoms with E-state index in [-0.39, 0.29) is 23.6 Å². The molecule has 2 rings (SSSR count). The number of nitrogens with one attached hydrogen (secondary N) is 1. The van der Waals surface area contributed by atoms with E-state index in [9.17, 15) is 9.18 Å². The van der Waals surface area contributed by atoms with Gasteiger partial charge < -0.3 is 15.0 Å². The van der Waals surface area contributed by atoms with Gasteiger partial charge in [-0.3, -0.25) is 4.79 Å². The summed E-state index contributed by atoms with van der Waals surface area (Å²) >= 11 is 5.65. The number of ether oxygens (including phenoxy) is 1. The summed E-state index contributed by atoms with van der Waals surface area (Å²) in [5, 5.41) is 2.95. The summed E-state index contributed by atoms with van der Waals surface area (Å²) in [7, 11) is 0. The number of likely N-dealkylation sites (tertiary alicyclic amines) is 1. The number of nitrogens with zero attached hydrogens (tertiary/aromatic N) is 1. The highest BCUT2D eigenvalue weighted by atomic mass is 35.5. The van der Waals surface area contributed by atoms with E-state index in [1.165, 1.54) is 18.2 Å². The molecule has 0 saturated carbocycles. The molecule has 1 amide bonds. The Morgan fingerprint density at radius 3 is 2.81 bits per heavy atom. The van der Waals surface area contributed by atoms with Crippen LogP contribution in [-0.2, 0) is 4.79 Å². The van der Waals surface area contributed by atoms with Crippen LogP contribution in [0.1, 0.15) is 19.8 Å². The third-order valence-electron chi connectivity index (χ3n) is 3.66. The van der Waals surface area contributed by atoms with Gasteiger partial charge in [0.05, 0.1) is 5.02 Å². The number of hydrogen-bond acceptors (Lipinski definition) is 3. The molecular weight excluding hydrogens is 295 g/mol. The summed E-state index contributed by atoms with van der Waals surface area (Å²) in [6.45, 7) is 5.12. The van der Waals surface area contributed by atoms with Crippen LogP contribution in [0.4, 0.5) is 4.39 Å². The predicted molar refractivity (Wildman–Crippen MR) is 80.2 cm³/mol. The molecule has 0 aromatic heterocycles. The van der Waals surface area contributed by atoms with Gasteiger partial charge in [0.1, 0.15) is 11.6 Å². The molecule has 1 saturated heterocycles. The van der Waals surface area contributed by atoms with Gasteiger partial charge in [0.15, 0.2) is 6.61 Å². The molecular formula is C15H20ClFN2O2. The molecule has 0 atom stereocenters. The molecule has 0 aliphatic carbocycles. The van der Waals surface area contributed by atoms with Gasteiger partial charge in [-0.15, -0.1) is 0 Å². The van der Waals surface area contributed by atoms with E-state index in [1.807, 2.05) is 0 Å². The Labute approximate surface area is 129 Å². The maximum absolute atomic E-state index is 13.0. The highest BCUT2D eigenvalue weighted by Gasteiger charge is 2.19. The van der Waals surface area contributed by atoms with E-state index in [2.05, 4.69) is 17.1 Å². The molecule has 1 N–H and O–H groups in total. The van der Waals surface area contributed by atoms with Crippen molar-refractivity contribution in [2.75, 3.05) is 26.2 Å². The van der Waals surface area contributed by atoms with E-state index in [0.29, 0.717) is 5.75 Å². The first-order valence-electron chi connectivity index (χ1n) is 7.18. The first-order valence-corrected chi connectivity index (χ1v) is 7.56. The van der Waals surface area contributed by atoms with Crippen LogP contribution in [-0.4, -0.2) is 43.1 Å². The van der Waals surface area contributed by atoms with Gasteiger partial charge in [0, 0.05) is 25.2 Å². The van der Waals surface area contributed by atoms with Crippen molar-refractivity contribution >= 4 is 17.5 Å². The van der Waals surface area contributed by atoms with Gasteiger partial charge in [0.2, 0.25) is 0 Å². The van der Waals surface area contributed by atoms with Crippen molar-refractivity contribution in [1.29, 1.82) is 0 Å². The van der Waals surface area contributed by atoms with Crippen LogP contribution in [0, 0.1) is 5.82 Å². The molecule has 0 bridgehead atoms. The van der Waals surface area contributed by atoms with Crippen LogP contribution in [0.3, 0.4) is 0 Å². The third-order valence-corrected chi connectivity index (χ3v) is 3.95. The van der Waals surface area contributed by atoms with Crippen LogP contribution >= 0.6 is 11.6 Å². The van der Waals surface area contributed by atoms with E-state index < -0.39 is 5.82 Å². The van der Waals surface area contributed by atoms with Gasteiger partial charge in [0.25, 0.3) is 5.91 Å². The Hall–Kier alpha value is -1.33. The lowest BCUT2D eigenvalue weighted by atomic mass is 10.1. The Bertz CT molecular complexity index is 491. The highest BCUT2D eigenvalue weighted by Crippen LogP contribution is 2.21. The summed E-state index contributed by atoms with van der Waals surface area (Å²) in [4.78, 5) is 14.2. The number of rotatable bonds is 5. The van der Waals surface area contributed by atoms with Crippen molar-refractivity contribution in [3.63, 3.8) is 0 Å². The molecule has 0 spiro atoms. The van der Waals surface area contributed by atoms with Gasteiger partial charge in [-0.05, 0) is 31.5 Å². The minimum Gasteiger partial charge on any atom is -0.484 e. The van der Waals surface area contributed by atoms with Gasteiger partial charge in [-0.25, -0.2) is 4.39 Å². The van der Waals surface area contributed by atoms with Crippen LogP contribution in [0.25, 0.3) is 0 Å². The topological polar surface area (TPSA) is 41.6 Å². The number of carbonyl (C=O) groups is 1. The van der Waals surface area contributed by atoms with Crippen LogP contribution < -0.4 is 10.1 Å². The Morgan fingerprint density at radius 1 is 1.48 bits per heavy atom. The molecule has 4 nitrogen and oxygen atoms in total. The second-order valence-corrected chi connectivity index (χ2v) is 5.55. The summed E-state index contributed by atoms with van der Waals surface area (Å²) in [5.74, 6) is -0.279. The number of amides is 1. The molecule has 1 heterocycles. The molecule has 1 aliphatic heterocycles. The molecule has 21 heavy (non-hydrogen) atoms. The third kappa shape index (κ3) is 4.86. The molecule has 1 aromatic rings. The Morgan fingerprint density at radius 2 is 2.19 bits per heavy atom. The number of piperidine rings is 1. The SMILES string of the molecule is CCN1CCC(NC(=O)COc2ccc(F)c(Cl)c2)CC1. The van der Waals surface area contributed by atoms with Crippen LogP contribution in [0.15, 0.2) is 18.2 Å². The molecule has 6 heteroatoms. The average molecular weight is 315 g/mol. The number of benzene rings is 1. The fourth-order valence-corrected chi connectivity index (χ4v) is 2.55. The van der Waals surface area contributed by atoms with Crippen molar-refractivity contribution < 1.29 is 13.9 Å². The predicted octanol–water partition coefficient (Wildman–Crippen LogP) is 2.46. The largest absolute Gasteiger partial charge is 0.484 e. The standard InChI is InChI=1S/C15H20ClFN2O2/c1-2-19-7-5-11(6-8-19)18-15(20)10-21-12-3-4-14(17)13(16)9-12/h3-4,9,11H,2,5-8,10H2,1H3,(H,18,20). The Balaban J connectivity index is 1.73. The summed E-state index contributed by atoms with van der Waals surface area (Å²) in [6, 6.07) is 4.24. The van der Waals surface area contributed by atoms with Crippen LogP contribution in [0.2, 0.25) is 5.02 Å². The van der Waals surface area contributed by atoms with Gasteiger partial charge in [-0.1, -0.05) is 18.5 Å². The Kier molecular flexibility index (Phi) is 5.82. The van der Waals surface area contributed by atoms with E-state index >= 15 is 0 Å². The van der Waals surface area contributed by atoms with Gasteiger partial charge >= 0.3 is 0 Å². The van der Waals surface area contributed by atoms with Crippen LogP contribution in [0.5, 0.6) is 5.75 Å². The number of carbonyl (C=O) groups excluding carboxylic acids is 1. The van der Waals surface area contributed by atoms with Crippen molar-refractivity contribution in [3.05, 3.63) is 29.0 Å². The smallest absolute Gasteiger partial charge is 0.258 e. The molecule has 1 aromatic carbocycles. The average Bonchev–Trinajstić information content (AvgIpc) is 2.49. The summed E-state index contributed by atoms with van der Waals surface area (Å²) in [5.41, 5.74) is 0. The van der Waals surface area contributed by atoms with Crippen molar-refractivity contribution in [3.8, 4) is 5.75 Å². The quantitative estimate of drug-likeness (QED) is 0.907. The molecule has 1 aliphatic rings. The zero-order valence-corrected chi connectivity index (χ0v) is 12.8. The lowest BCUT2D eigenvalue weighted by Gasteiger charge is -2.31. The fourth-order valence-electron chi connectivity index (χ4n) is 2.38. The highest BCUT2D eigenvalue weighted by molar-refractivity contribution is 6.30. The summed E-state index contributed by atoms with van der Waals surface area (Å²) < 4.78 is 18.3. The van der Waals surface area contributed by atoms with E-state index in [0.717, 1.165) is 32.5 Å². The maximum Gasteiger partial charge on any atom is 0.258 e. The van der Waals surface area contributed by atoms with Gasteiger partial charge in [-0.2, -0.15) is 0 Å². The van der Waals surface area contributed by atoms with E-state index in [4.69, 9.17) is 16.3 Å². The lowest BCUT2D eigenvalue weighted by molar-refractivity contribution is -0.124. The number of halogens is 2.